The molecule has 0 fully saturated rings. The highest BCUT2D eigenvalue weighted by molar-refractivity contribution is 6.31. The minimum atomic E-state index is -0.347. The van der Waals surface area contributed by atoms with E-state index in [1.807, 2.05) is 36.9 Å². The van der Waals surface area contributed by atoms with Crippen LogP contribution in [0, 0.1) is 0 Å². The predicted molar refractivity (Wildman–Crippen MR) is 132 cm³/mol. The van der Waals surface area contributed by atoms with Gasteiger partial charge in [-0.15, -0.1) is 0 Å². The molecule has 2 aromatic carbocycles. The van der Waals surface area contributed by atoms with Crippen LogP contribution in [-0.4, -0.2) is 34.4 Å². The van der Waals surface area contributed by atoms with Crippen LogP contribution >= 0.6 is 11.6 Å². The van der Waals surface area contributed by atoms with Crippen LogP contribution < -0.4 is 10.9 Å². The molecule has 0 aliphatic rings. The number of nitrogens with zero attached hydrogens (tertiary/aromatic N) is 2. The van der Waals surface area contributed by atoms with Gasteiger partial charge in [-0.05, 0) is 54.8 Å². The summed E-state index contributed by atoms with van der Waals surface area (Å²) in [4.78, 5) is 39.6. The van der Waals surface area contributed by atoms with Crippen LogP contribution in [0.3, 0.4) is 0 Å². The lowest BCUT2D eigenvalue weighted by molar-refractivity contribution is 0.0755. The fourth-order valence-corrected chi connectivity index (χ4v) is 3.73. The number of carbonyl (C=O) groups excluding carboxylic acids is 2. The van der Waals surface area contributed by atoms with Gasteiger partial charge in [0, 0.05) is 41.6 Å². The number of pyridine rings is 1. The summed E-state index contributed by atoms with van der Waals surface area (Å²) in [5.41, 5.74) is 2.07. The Morgan fingerprint density at radius 2 is 1.55 bits per heavy atom. The second-order valence-electron chi connectivity index (χ2n) is 7.80. The largest absolute Gasteiger partial charge is 0.339 e. The van der Waals surface area contributed by atoms with E-state index in [-0.39, 0.29) is 23.9 Å². The van der Waals surface area contributed by atoms with Crippen molar-refractivity contribution in [3.63, 3.8) is 0 Å². The number of aromatic nitrogens is 1. The summed E-state index contributed by atoms with van der Waals surface area (Å²) in [5, 5.41) is 3.38. The normalized spacial score (nSPS) is 10.6. The average molecular weight is 466 g/mol. The van der Waals surface area contributed by atoms with Crippen molar-refractivity contribution >= 4 is 29.1 Å². The lowest BCUT2D eigenvalue weighted by atomic mass is 10.1. The number of amides is 2. The lowest BCUT2D eigenvalue weighted by Crippen LogP contribution is -2.32. The summed E-state index contributed by atoms with van der Waals surface area (Å²) in [6.45, 7) is 5.80. The Labute approximate surface area is 198 Å². The smallest absolute Gasteiger partial charge is 0.257 e. The van der Waals surface area contributed by atoms with Crippen LogP contribution in [0.15, 0.2) is 71.7 Å². The van der Waals surface area contributed by atoms with E-state index in [0.717, 1.165) is 31.5 Å². The molecule has 1 aromatic heterocycles. The number of carbonyl (C=O) groups is 2. The summed E-state index contributed by atoms with van der Waals surface area (Å²) < 4.78 is 1.45. The van der Waals surface area contributed by atoms with E-state index in [1.54, 1.807) is 30.3 Å². The number of halogens is 1. The van der Waals surface area contributed by atoms with Gasteiger partial charge in [0.2, 0.25) is 0 Å². The topological polar surface area (TPSA) is 71.4 Å². The molecular weight excluding hydrogens is 438 g/mol. The molecule has 0 aliphatic carbocycles. The summed E-state index contributed by atoms with van der Waals surface area (Å²) in [5.74, 6) is -0.358. The molecule has 33 heavy (non-hydrogen) atoms. The lowest BCUT2D eigenvalue weighted by Gasteiger charge is -2.21. The molecule has 0 unspecified atom stereocenters. The van der Waals surface area contributed by atoms with Crippen molar-refractivity contribution in [1.82, 2.24) is 9.47 Å². The number of nitrogens with one attached hydrogen (secondary N) is 1. The predicted octanol–water partition coefficient (Wildman–Crippen LogP) is 5.06. The van der Waals surface area contributed by atoms with Crippen LogP contribution in [0.5, 0.6) is 0 Å². The van der Waals surface area contributed by atoms with Crippen molar-refractivity contribution < 1.29 is 9.59 Å². The van der Waals surface area contributed by atoms with E-state index in [4.69, 9.17) is 11.6 Å². The molecule has 172 valence electrons. The van der Waals surface area contributed by atoms with E-state index in [9.17, 15) is 14.4 Å². The maximum absolute atomic E-state index is 12.8. The third-order valence-corrected chi connectivity index (χ3v) is 5.58. The maximum Gasteiger partial charge on any atom is 0.257 e. The zero-order valence-corrected chi connectivity index (χ0v) is 19.6. The molecule has 0 radical (unpaired) electrons. The molecule has 0 aliphatic heterocycles. The van der Waals surface area contributed by atoms with Crippen molar-refractivity contribution in [1.29, 1.82) is 0 Å². The first kappa shape index (κ1) is 24.3. The Bertz CT molecular complexity index is 1170. The standard InChI is InChI=1S/C26H28ClN3O3/c1-3-15-29(16-4-2)26(33)19-9-12-22(13-10-19)28-25(32)21-11-14-24(31)30(18-21)17-20-7-5-6-8-23(20)27/h5-14,18H,3-4,15-17H2,1-2H3,(H,28,32). The zero-order valence-electron chi connectivity index (χ0n) is 18.9. The number of anilines is 1. The van der Waals surface area contributed by atoms with Gasteiger partial charge in [0.25, 0.3) is 17.4 Å². The number of benzene rings is 2. The molecule has 1 heterocycles. The first-order valence-corrected chi connectivity index (χ1v) is 11.4. The minimum Gasteiger partial charge on any atom is -0.339 e. The van der Waals surface area contributed by atoms with Crippen LogP contribution in [0.25, 0.3) is 0 Å². The highest BCUT2D eigenvalue weighted by atomic mass is 35.5. The quantitative estimate of drug-likeness (QED) is 0.480. The molecule has 7 heteroatoms. The summed E-state index contributed by atoms with van der Waals surface area (Å²) in [7, 11) is 0. The molecule has 0 spiro atoms. The van der Waals surface area contributed by atoms with Gasteiger partial charge in [0.15, 0.2) is 0 Å². The maximum atomic E-state index is 12.8. The molecule has 2 amide bonds. The molecular formula is C26H28ClN3O3. The van der Waals surface area contributed by atoms with Crippen molar-refractivity contribution in [3.8, 4) is 0 Å². The molecule has 0 atom stereocenters. The SMILES string of the molecule is CCCN(CCC)C(=O)c1ccc(NC(=O)c2ccc(=O)n(Cc3ccccc3Cl)c2)cc1. The molecule has 1 N–H and O–H groups in total. The third kappa shape index (κ3) is 6.33. The van der Waals surface area contributed by atoms with E-state index >= 15 is 0 Å². The van der Waals surface area contributed by atoms with E-state index in [0.29, 0.717) is 21.8 Å². The fraction of sp³-hybridized carbons (Fsp3) is 0.269. The van der Waals surface area contributed by atoms with E-state index < -0.39 is 0 Å². The fourth-order valence-electron chi connectivity index (χ4n) is 3.54. The average Bonchev–Trinajstić information content (AvgIpc) is 2.81. The van der Waals surface area contributed by atoms with Gasteiger partial charge in [0.1, 0.15) is 0 Å². The molecule has 3 rings (SSSR count). The molecule has 0 saturated carbocycles. The van der Waals surface area contributed by atoms with Gasteiger partial charge in [-0.3, -0.25) is 14.4 Å². The molecule has 0 saturated heterocycles. The van der Waals surface area contributed by atoms with Crippen molar-refractivity contribution in [3.05, 3.63) is 98.9 Å². The second-order valence-corrected chi connectivity index (χ2v) is 8.21. The molecule has 6 nitrogen and oxygen atoms in total. The highest BCUT2D eigenvalue weighted by Crippen LogP contribution is 2.17. The summed E-state index contributed by atoms with van der Waals surface area (Å²) in [6, 6.07) is 17.0. The van der Waals surface area contributed by atoms with Gasteiger partial charge >= 0.3 is 0 Å². The Morgan fingerprint density at radius 1 is 0.909 bits per heavy atom. The number of rotatable bonds is 9. The Hall–Kier alpha value is -3.38. The summed E-state index contributed by atoms with van der Waals surface area (Å²) in [6.07, 6.45) is 3.32. The van der Waals surface area contributed by atoms with Crippen LogP contribution in [-0.2, 0) is 6.54 Å². The van der Waals surface area contributed by atoms with Gasteiger partial charge in [-0.25, -0.2) is 0 Å². The summed E-state index contributed by atoms with van der Waals surface area (Å²) >= 11 is 6.20. The first-order chi connectivity index (χ1) is 15.9. The Kier molecular flexibility index (Phi) is 8.44. The minimum absolute atomic E-state index is 0.0109. The molecule has 0 bridgehead atoms. The molecule has 3 aromatic rings. The van der Waals surface area contributed by atoms with Gasteiger partial charge in [0.05, 0.1) is 12.1 Å². The monoisotopic (exact) mass is 465 g/mol. The van der Waals surface area contributed by atoms with E-state index in [2.05, 4.69) is 5.32 Å². The van der Waals surface area contributed by atoms with Crippen molar-refractivity contribution in [2.24, 2.45) is 0 Å². The van der Waals surface area contributed by atoms with Gasteiger partial charge in [-0.1, -0.05) is 43.6 Å². The third-order valence-electron chi connectivity index (χ3n) is 5.21. The highest BCUT2D eigenvalue weighted by Gasteiger charge is 2.15. The van der Waals surface area contributed by atoms with Crippen LogP contribution in [0.2, 0.25) is 5.02 Å². The number of hydrogen-bond donors (Lipinski definition) is 1. The van der Waals surface area contributed by atoms with Gasteiger partial charge in [-0.2, -0.15) is 0 Å². The first-order valence-electron chi connectivity index (χ1n) is 11.1. The van der Waals surface area contributed by atoms with Gasteiger partial charge < -0.3 is 14.8 Å². The zero-order chi connectivity index (χ0) is 23.8. The Morgan fingerprint density at radius 3 is 2.18 bits per heavy atom. The van der Waals surface area contributed by atoms with E-state index in [1.165, 1.54) is 22.9 Å². The number of hydrogen-bond acceptors (Lipinski definition) is 3. The second kappa shape index (κ2) is 11.5. The van der Waals surface area contributed by atoms with Crippen LogP contribution in [0.1, 0.15) is 53.0 Å². The van der Waals surface area contributed by atoms with Crippen molar-refractivity contribution in [2.45, 2.75) is 33.2 Å². The van der Waals surface area contributed by atoms with Crippen molar-refractivity contribution in [2.75, 3.05) is 18.4 Å². The Balaban J connectivity index is 1.72. The van der Waals surface area contributed by atoms with Crippen LogP contribution in [0.4, 0.5) is 5.69 Å².